The number of aromatic nitrogens is 3. The van der Waals surface area contributed by atoms with Crippen molar-refractivity contribution in [1.29, 1.82) is 0 Å². The second-order valence-electron chi connectivity index (χ2n) is 4.34. The van der Waals surface area contributed by atoms with Crippen molar-refractivity contribution in [1.82, 2.24) is 19.9 Å². The second kappa shape index (κ2) is 4.24. The van der Waals surface area contributed by atoms with Gasteiger partial charge in [0.05, 0.1) is 11.4 Å². The van der Waals surface area contributed by atoms with Gasteiger partial charge in [-0.1, -0.05) is 0 Å². The Morgan fingerprint density at radius 3 is 3.06 bits per heavy atom. The molecule has 0 radical (unpaired) electrons. The van der Waals surface area contributed by atoms with E-state index in [-0.39, 0.29) is 11.9 Å². The third kappa shape index (κ3) is 1.74. The summed E-state index contributed by atoms with van der Waals surface area (Å²) < 4.78 is 2.93. The van der Waals surface area contributed by atoms with Crippen LogP contribution in [0.5, 0.6) is 0 Å². The van der Waals surface area contributed by atoms with Gasteiger partial charge in [-0.2, -0.15) is 0 Å². The van der Waals surface area contributed by atoms with Gasteiger partial charge >= 0.3 is 0 Å². The van der Waals surface area contributed by atoms with E-state index in [1.165, 1.54) is 6.33 Å². The molecule has 0 spiro atoms. The van der Waals surface area contributed by atoms with Gasteiger partial charge in [-0.3, -0.25) is 4.79 Å². The van der Waals surface area contributed by atoms with Crippen molar-refractivity contribution >= 4 is 38.7 Å². The first kappa shape index (κ1) is 11.5. The summed E-state index contributed by atoms with van der Waals surface area (Å²) in [6, 6.07) is 0.214. The lowest BCUT2D eigenvalue weighted by molar-refractivity contribution is -0.122. The van der Waals surface area contributed by atoms with Gasteiger partial charge in [0.25, 0.3) is 0 Å². The summed E-state index contributed by atoms with van der Waals surface area (Å²) in [5.74, 6) is 0.571. The molecule has 1 atom stereocenters. The van der Waals surface area contributed by atoms with Crippen molar-refractivity contribution in [2.75, 3.05) is 12.3 Å². The first-order valence-corrected chi connectivity index (χ1v) is 6.49. The van der Waals surface area contributed by atoms with Crippen molar-refractivity contribution in [3.63, 3.8) is 0 Å². The maximum absolute atomic E-state index is 11.2. The van der Waals surface area contributed by atoms with Crippen molar-refractivity contribution in [3.8, 4) is 0 Å². The molecule has 3 heterocycles. The van der Waals surface area contributed by atoms with Crippen molar-refractivity contribution < 1.29 is 4.79 Å². The topological polar surface area (TPSA) is 85.8 Å². The number of anilines is 1. The summed E-state index contributed by atoms with van der Waals surface area (Å²) in [7, 11) is 0. The molecule has 3 N–H and O–H groups in total. The summed E-state index contributed by atoms with van der Waals surface area (Å²) in [5.41, 5.74) is 6.66. The normalized spacial score (nSPS) is 20.1. The van der Waals surface area contributed by atoms with Crippen LogP contribution in [-0.4, -0.2) is 27.0 Å². The predicted molar refractivity (Wildman–Crippen MR) is 70.9 cm³/mol. The van der Waals surface area contributed by atoms with Gasteiger partial charge in [0.1, 0.15) is 17.8 Å². The number of nitrogens with one attached hydrogen (secondary N) is 1. The number of hydrogen-bond acceptors (Lipinski definition) is 4. The lowest BCUT2D eigenvalue weighted by Gasteiger charge is -2.24. The number of amides is 1. The SMILES string of the molecule is Nc1ncnc2c1c(Br)cn2C1CCC(=O)NC1. The van der Waals surface area contributed by atoms with Gasteiger partial charge in [-0.15, -0.1) is 0 Å². The molecule has 6 nitrogen and oxygen atoms in total. The number of nitrogens with two attached hydrogens (primary N) is 1. The molecule has 0 bridgehead atoms. The number of fused-ring (bicyclic) bond motifs is 1. The van der Waals surface area contributed by atoms with Crippen molar-refractivity contribution in [2.24, 2.45) is 0 Å². The minimum absolute atomic E-state index is 0.107. The average Bonchev–Trinajstić information content (AvgIpc) is 2.69. The average molecular weight is 310 g/mol. The summed E-state index contributed by atoms with van der Waals surface area (Å²) in [5, 5.41) is 3.70. The largest absolute Gasteiger partial charge is 0.383 e. The Morgan fingerprint density at radius 2 is 2.33 bits per heavy atom. The Hall–Kier alpha value is -1.63. The molecule has 2 aromatic rings. The molecule has 3 rings (SSSR count). The number of hydrogen-bond donors (Lipinski definition) is 2. The molecule has 0 saturated carbocycles. The van der Waals surface area contributed by atoms with E-state index >= 15 is 0 Å². The van der Waals surface area contributed by atoms with E-state index in [1.54, 1.807) is 0 Å². The molecule has 18 heavy (non-hydrogen) atoms. The van der Waals surface area contributed by atoms with Gasteiger partial charge in [0, 0.05) is 23.6 Å². The quantitative estimate of drug-likeness (QED) is 0.829. The first-order valence-electron chi connectivity index (χ1n) is 5.70. The first-order chi connectivity index (χ1) is 8.66. The Bertz CT molecular complexity index is 613. The van der Waals surface area contributed by atoms with Crippen LogP contribution in [0.2, 0.25) is 0 Å². The van der Waals surface area contributed by atoms with Gasteiger partial charge in [0.2, 0.25) is 5.91 Å². The Labute approximate surface area is 112 Å². The highest BCUT2D eigenvalue weighted by Gasteiger charge is 2.22. The minimum Gasteiger partial charge on any atom is -0.383 e. The number of piperidine rings is 1. The molecule has 7 heteroatoms. The Morgan fingerprint density at radius 1 is 1.50 bits per heavy atom. The lowest BCUT2D eigenvalue weighted by Crippen LogP contribution is -2.35. The smallest absolute Gasteiger partial charge is 0.220 e. The highest BCUT2D eigenvalue weighted by molar-refractivity contribution is 9.10. The molecular weight excluding hydrogens is 298 g/mol. The highest BCUT2D eigenvalue weighted by Crippen LogP contribution is 2.32. The zero-order chi connectivity index (χ0) is 12.7. The third-order valence-electron chi connectivity index (χ3n) is 3.23. The highest BCUT2D eigenvalue weighted by atomic mass is 79.9. The summed E-state index contributed by atoms with van der Waals surface area (Å²) in [6.45, 7) is 0.624. The van der Waals surface area contributed by atoms with Crippen LogP contribution in [0.15, 0.2) is 17.0 Å². The molecule has 1 saturated heterocycles. The van der Waals surface area contributed by atoms with E-state index in [2.05, 4.69) is 35.8 Å². The van der Waals surface area contributed by atoms with E-state index in [9.17, 15) is 4.79 Å². The number of nitrogens with zero attached hydrogens (tertiary/aromatic N) is 3. The number of halogens is 1. The summed E-state index contributed by atoms with van der Waals surface area (Å²) in [6.07, 6.45) is 4.77. The lowest BCUT2D eigenvalue weighted by atomic mass is 10.1. The van der Waals surface area contributed by atoms with Crippen LogP contribution in [-0.2, 0) is 4.79 Å². The van der Waals surface area contributed by atoms with E-state index in [0.717, 1.165) is 21.9 Å². The van der Waals surface area contributed by atoms with Gasteiger partial charge < -0.3 is 15.6 Å². The number of nitrogen functional groups attached to an aromatic ring is 1. The van der Waals surface area contributed by atoms with Crippen LogP contribution in [0.3, 0.4) is 0 Å². The van der Waals surface area contributed by atoms with Crippen LogP contribution >= 0.6 is 15.9 Å². The Kier molecular flexibility index (Phi) is 2.70. The fourth-order valence-corrected chi connectivity index (χ4v) is 2.90. The fourth-order valence-electron chi connectivity index (χ4n) is 2.30. The molecule has 2 aromatic heterocycles. The number of rotatable bonds is 1. The van der Waals surface area contributed by atoms with E-state index in [4.69, 9.17) is 5.73 Å². The standard InChI is InChI=1S/C11H12BrN5O/c12-7-4-17(6-1-2-8(18)14-3-6)11-9(7)10(13)15-5-16-11/h4-6H,1-3H2,(H,14,18)(H2,13,15,16). The summed E-state index contributed by atoms with van der Waals surface area (Å²) in [4.78, 5) is 19.5. The fraction of sp³-hybridized carbons (Fsp3) is 0.364. The maximum Gasteiger partial charge on any atom is 0.220 e. The van der Waals surface area contributed by atoms with Crippen LogP contribution in [0, 0.1) is 0 Å². The van der Waals surface area contributed by atoms with E-state index in [1.807, 2.05) is 6.20 Å². The van der Waals surface area contributed by atoms with E-state index in [0.29, 0.717) is 18.8 Å². The van der Waals surface area contributed by atoms with Crippen molar-refractivity contribution in [2.45, 2.75) is 18.9 Å². The van der Waals surface area contributed by atoms with Gasteiger partial charge in [0.15, 0.2) is 0 Å². The molecule has 1 fully saturated rings. The predicted octanol–water partition coefficient (Wildman–Crippen LogP) is 1.23. The zero-order valence-corrected chi connectivity index (χ0v) is 11.1. The van der Waals surface area contributed by atoms with Gasteiger partial charge in [-0.05, 0) is 22.4 Å². The third-order valence-corrected chi connectivity index (χ3v) is 3.83. The van der Waals surface area contributed by atoms with Crippen LogP contribution in [0.25, 0.3) is 11.0 Å². The molecule has 94 valence electrons. The number of carbonyl (C=O) groups is 1. The van der Waals surface area contributed by atoms with Crippen LogP contribution in [0.1, 0.15) is 18.9 Å². The van der Waals surface area contributed by atoms with Gasteiger partial charge in [-0.25, -0.2) is 9.97 Å². The Balaban J connectivity index is 2.07. The molecule has 1 amide bonds. The molecular formula is C11H12BrN5O. The minimum atomic E-state index is 0.107. The second-order valence-corrected chi connectivity index (χ2v) is 5.19. The number of carbonyl (C=O) groups excluding carboxylic acids is 1. The molecule has 1 unspecified atom stereocenters. The molecule has 1 aliphatic heterocycles. The monoisotopic (exact) mass is 309 g/mol. The van der Waals surface area contributed by atoms with E-state index < -0.39 is 0 Å². The summed E-state index contributed by atoms with van der Waals surface area (Å²) >= 11 is 3.48. The molecule has 0 aliphatic carbocycles. The maximum atomic E-state index is 11.2. The molecule has 1 aliphatic rings. The van der Waals surface area contributed by atoms with Crippen molar-refractivity contribution in [3.05, 3.63) is 17.0 Å². The van der Waals surface area contributed by atoms with Crippen LogP contribution in [0.4, 0.5) is 5.82 Å². The van der Waals surface area contributed by atoms with Crippen LogP contribution < -0.4 is 11.1 Å². The molecule has 0 aromatic carbocycles. The zero-order valence-electron chi connectivity index (χ0n) is 9.56.